The summed E-state index contributed by atoms with van der Waals surface area (Å²) in [5.41, 5.74) is 7.93. The van der Waals surface area contributed by atoms with Crippen LogP contribution in [0.5, 0.6) is 0 Å². The number of ketones is 1. The molecule has 3 heterocycles. The maximum absolute atomic E-state index is 12.8. The molecule has 2 aromatic heterocycles. The van der Waals surface area contributed by atoms with E-state index in [0.717, 1.165) is 31.9 Å². The number of nitrogens with two attached hydrogens (primary N) is 1. The summed E-state index contributed by atoms with van der Waals surface area (Å²) in [5, 5.41) is 3.58. The number of nitrogens with one attached hydrogen (secondary N) is 1. The van der Waals surface area contributed by atoms with Gasteiger partial charge in [-0.05, 0) is 36.2 Å². The van der Waals surface area contributed by atoms with Gasteiger partial charge >= 0.3 is 0 Å². The molecule has 142 valence electrons. The maximum Gasteiger partial charge on any atom is 0.215 e. The number of anilines is 2. The fourth-order valence-corrected chi connectivity index (χ4v) is 3.54. The number of hydrogen-bond acceptors (Lipinski definition) is 6. The van der Waals surface area contributed by atoms with Crippen molar-refractivity contribution < 1.29 is 4.79 Å². The van der Waals surface area contributed by atoms with Gasteiger partial charge < -0.3 is 16.0 Å². The van der Waals surface area contributed by atoms with Crippen molar-refractivity contribution >= 4 is 17.4 Å². The van der Waals surface area contributed by atoms with E-state index in [0.29, 0.717) is 17.3 Å². The number of carbonyl (C=O) groups excluding carboxylic acids is 1. The molecule has 3 aromatic rings. The van der Waals surface area contributed by atoms with Gasteiger partial charge in [0, 0.05) is 31.9 Å². The highest BCUT2D eigenvalue weighted by molar-refractivity contribution is 6.10. The summed E-state index contributed by atoms with van der Waals surface area (Å²) in [4.78, 5) is 23.6. The van der Waals surface area contributed by atoms with Gasteiger partial charge in [-0.2, -0.15) is 0 Å². The second kappa shape index (κ2) is 8.19. The molecule has 1 aliphatic heterocycles. The lowest BCUT2D eigenvalue weighted by atomic mass is 10.0. The second-order valence-corrected chi connectivity index (χ2v) is 6.93. The molecule has 3 N–H and O–H groups in total. The summed E-state index contributed by atoms with van der Waals surface area (Å²) in [6.07, 6.45) is 2.53. The molecule has 1 fully saturated rings. The average Bonchev–Trinajstić information content (AvgIpc) is 2.75. The van der Waals surface area contributed by atoms with Crippen LogP contribution in [-0.2, 0) is 6.42 Å². The van der Waals surface area contributed by atoms with E-state index in [2.05, 4.69) is 44.5 Å². The van der Waals surface area contributed by atoms with Crippen molar-refractivity contribution in [3.63, 3.8) is 0 Å². The van der Waals surface area contributed by atoms with Crippen LogP contribution in [0.15, 0.2) is 66.9 Å². The monoisotopic (exact) mass is 373 g/mol. The van der Waals surface area contributed by atoms with Gasteiger partial charge in [-0.3, -0.25) is 4.79 Å². The fraction of sp³-hybridized carbons (Fsp3) is 0.227. The Labute approximate surface area is 164 Å². The van der Waals surface area contributed by atoms with Crippen LogP contribution >= 0.6 is 0 Å². The Kier molecular flexibility index (Phi) is 5.30. The molecule has 6 heteroatoms. The van der Waals surface area contributed by atoms with Crippen LogP contribution in [0.2, 0.25) is 0 Å². The molecule has 0 unspecified atom stereocenters. The van der Waals surface area contributed by atoms with Gasteiger partial charge in [0.05, 0.1) is 5.56 Å². The molecule has 1 aliphatic rings. The van der Waals surface area contributed by atoms with Crippen LogP contribution in [-0.4, -0.2) is 41.4 Å². The first kappa shape index (κ1) is 18.1. The fourth-order valence-electron chi connectivity index (χ4n) is 3.54. The molecule has 1 saturated heterocycles. The molecule has 0 amide bonds. The Morgan fingerprint density at radius 2 is 1.96 bits per heavy atom. The topological polar surface area (TPSA) is 84.1 Å². The van der Waals surface area contributed by atoms with Crippen LogP contribution in [0.25, 0.3) is 0 Å². The normalized spacial score (nSPS) is 16.7. The number of benzene rings is 1. The molecule has 1 atom stereocenters. The molecule has 0 spiro atoms. The number of carbonyl (C=O) groups is 1. The summed E-state index contributed by atoms with van der Waals surface area (Å²) in [7, 11) is 0. The van der Waals surface area contributed by atoms with Crippen LogP contribution < -0.4 is 16.0 Å². The highest BCUT2D eigenvalue weighted by Crippen LogP contribution is 2.18. The molecule has 1 aromatic carbocycles. The third kappa shape index (κ3) is 4.02. The Morgan fingerprint density at radius 3 is 2.79 bits per heavy atom. The molecule has 4 rings (SSSR count). The summed E-state index contributed by atoms with van der Waals surface area (Å²) in [5.74, 6) is 0.834. The van der Waals surface area contributed by atoms with E-state index in [9.17, 15) is 4.79 Å². The lowest BCUT2D eigenvalue weighted by Crippen LogP contribution is -2.52. The zero-order chi connectivity index (χ0) is 19.3. The SMILES string of the molecule is Nc1ncccc1C(=O)c1cccc(N2CCN[C@H](Cc3ccccc3)C2)n1. The molecular weight excluding hydrogens is 350 g/mol. The average molecular weight is 373 g/mol. The first-order valence-corrected chi connectivity index (χ1v) is 9.45. The Bertz CT molecular complexity index is 960. The van der Waals surface area contributed by atoms with Gasteiger partial charge in [-0.15, -0.1) is 0 Å². The molecule has 0 aliphatic carbocycles. The van der Waals surface area contributed by atoms with Crippen LogP contribution in [0.3, 0.4) is 0 Å². The predicted molar refractivity (Wildman–Crippen MR) is 110 cm³/mol. The highest BCUT2D eigenvalue weighted by Gasteiger charge is 2.22. The summed E-state index contributed by atoms with van der Waals surface area (Å²) >= 11 is 0. The van der Waals surface area contributed by atoms with Gasteiger partial charge in [0.25, 0.3) is 0 Å². The molecule has 0 saturated carbocycles. The van der Waals surface area contributed by atoms with Gasteiger partial charge in [0.15, 0.2) is 0 Å². The number of nitrogens with zero attached hydrogens (tertiary/aromatic N) is 3. The van der Waals surface area contributed by atoms with Crippen molar-refractivity contribution in [3.8, 4) is 0 Å². The van der Waals surface area contributed by atoms with Crippen molar-refractivity contribution in [1.82, 2.24) is 15.3 Å². The number of aromatic nitrogens is 2. The van der Waals surface area contributed by atoms with Crippen molar-refractivity contribution in [2.45, 2.75) is 12.5 Å². The number of nitrogen functional groups attached to an aromatic ring is 1. The Morgan fingerprint density at radius 1 is 1.11 bits per heavy atom. The zero-order valence-corrected chi connectivity index (χ0v) is 15.6. The lowest BCUT2D eigenvalue weighted by molar-refractivity contribution is 0.103. The first-order chi connectivity index (χ1) is 13.7. The molecular formula is C22H23N5O. The quantitative estimate of drug-likeness (QED) is 0.668. The minimum atomic E-state index is -0.205. The minimum absolute atomic E-state index is 0.205. The van der Waals surface area contributed by atoms with Gasteiger partial charge in [0.1, 0.15) is 17.3 Å². The molecule has 0 bridgehead atoms. The number of hydrogen-bond donors (Lipinski definition) is 2. The number of rotatable bonds is 5. The highest BCUT2D eigenvalue weighted by atomic mass is 16.1. The molecule has 28 heavy (non-hydrogen) atoms. The van der Waals surface area contributed by atoms with Crippen LogP contribution in [0.4, 0.5) is 11.6 Å². The van der Waals surface area contributed by atoms with Crippen molar-refractivity contribution in [1.29, 1.82) is 0 Å². The van der Waals surface area contributed by atoms with E-state index >= 15 is 0 Å². The van der Waals surface area contributed by atoms with Crippen LogP contribution in [0.1, 0.15) is 21.6 Å². The first-order valence-electron chi connectivity index (χ1n) is 9.45. The van der Waals surface area contributed by atoms with Crippen molar-refractivity contribution in [3.05, 3.63) is 83.7 Å². The van der Waals surface area contributed by atoms with Crippen molar-refractivity contribution in [2.24, 2.45) is 0 Å². The number of pyridine rings is 2. The lowest BCUT2D eigenvalue weighted by Gasteiger charge is -2.34. The van der Waals surface area contributed by atoms with Crippen LogP contribution in [0, 0.1) is 0 Å². The summed E-state index contributed by atoms with van der Waals surface area (Å²) < 4.78 is 0. The predicted octanol–water partition coefficient (Wildman–Crippen LogP) is 2.31. The van der Waals surface area contributed by atoms with E-state index in [1.807, 2.05) is 18.2 Å². The van der Waals surface area contributed by atoms with Gasteiger partial charge in [-0.1, -0.05) is 36.4 Å². The van der Waals surface area contributed by atoms with E-state index in [1.165, 1.54) is 5.56 Å². The summed E-state index contributed by atoms with van der Waals surface area (Å²) in [6.45, 7) is 2.58. The molecule has 6 nitrogen and oxygen atoms in total. The van der Waals surface area contributed by atoms with E-state index in [-0.39, 0.29) is 11.6 Å². The maximum atomic E-state index is 12.8. The number of piperazine rings is 1. The second-order valence-electron chi connectivity index (χ2n) is 6.93. The van der Waals surface area contributed by atoms with Gasteiger partial charge in [-0.25, -0.2) is 9.97 Å². The standard InChI is InChI=1S/C22H23N5O/c23-22-18(8-5-11-25-22)21(28)19-9-4-10-20(26-19)27-13-12-24-17(15-27)14-16-6-2-1-3-7-16/h1-11,17,24H,12-15H2,(H2,23,25)/t17-/m1/s1. The van der Waals surface area contributed by atoms with E-state index in [4.69, 9.17) is 5.73 Å². The zero-order valence-electron chi connectivity index (χ0n) is 15.6. The van der Waals surface area contributed by atoms with Crippen molar-refractivity contribution in [2.75, 3.05) is 30.3 Å². The Hall–Kier alpha value is -3.25. The Balaban J connectivity index is 1.51. The third-order valence-electron chi connectivity index (χ3n) is 4.95. The minimum Gasteiger partial charge on any atom is -0.383 e. The smallest absolute Gasteiger partial charge is 0.215 e. The van der Waals surface area contributed by atoms with E-state index in [1.54, 1.807) is 24.4 Å². The van der Waals surface area contributed by atoms with E-state index < -0.39 is 0 Å². The molecule has 0 radical (unpaired) electrons. The third-order valence-corrected chi connectivity index (χ3v) is 4.95. The largest absolute Gasteiger partial charge is 0.383 e. The summed E-state index contributed by atoms with van der Waals surface area (Å²) in [6, 6.07) is 19.7. The van der Waals surface area contributed by atoms with Gasteiger partial charge in [0.2, 0.25) is 5.78 Å².